The van der Waals surface area contributed by atoms with Gasteiger partial charge in [0, 0.05) is 29.5 Å². The van der Waals surface area contributed by atoms with Gasteiger partial charge in [-0.3, -0.25) is 5.10 Å². The highest BCUT2D eigenvalue weighted by Gasteiger charge is 2.38. The van der Waals surface area contributed by atoms with E-state index >= 15 is 0 Å². The highest BCUT2D eigenvalue weighted by Crippen LogP contribution is 2.37. The lowest BCUT2D eigenvalue weighted by atomic mass is 9.73. The molecule has 0 unspecified atom stereocenters. The van der Waals surface area contributed by atoms with Gasteiger partial charge in [0.05, 0.1) is 36.6 Å². The third kappa shape index (κ3) is 5.97. The Kier molecular flexibility index (Phi) is 7.40. The number of aromatic amines is 1. The summed E-state index contributed by atoms with van der Waals surface area (Å²) in [6.45, 7) is 7.87. The van der Waals surface area contributed by atoms with Gasteiger partial charge < -0.3 is 14.4 Å². The number of ether oxygens (including phenoxy) is 2. The molecule has 0 atom stereocenters. The third-order valence-corrected chi connectivity index (χ3v) is 7.37. The minimum atomic E-state index is -0.515. The molecule has 7 heteroatoms. The van der Waals surface area contributed by atoms with Gasteiger partial charge in [-0.25, -0.2) is 4.79 Å². The van der Waals surface area contributed by atoms with E-state index in [1.807, 2.05) is 62.2 Å². The van der Waals surface area contributed by atoms with Crippen LogP contribution in [0.25, 0.3) is 22.0 Å². The third-order valence-electron chi connectivity index (χ3n) is 7.37. The summed E-state index contributed by atoms with van der Waals surface area (Å²) in [4.78, 5) is 14.5. The molecular weight excluding hydrogens is 488 g/mol. The number of nitriles is 1. The topological polar surface area (TPSA) is 91.2 Å². The van der Waals surface area contributed by atoms with Crippen molar-refractivity contribution in [1.82, 2.24) is 15.1 Å². The first-order chi connectivity index (χ1) is 18.8. The Bertz CT molecular complexity index is 1470. The fraction of sp³-hybridized carbons (Fsp3) is 0.344. The molecule has 1 aromatic heterocycles. The largest absolute Gasteiger partial charge is 0.444 e. The number of piperidine rings is 1. The molecule has 0 spiro atoms. The summed E-state index contributed by atoms with van der Waals surface area (Å²) in [5.41, 5.74) is 5.22. The van der Waals surface area contributed by atoms with Gasteiger partial charge in [0.2, 0.25) is 0 Å². The van der Waals surface area contributed by atoms with E-state index in [-0.39, 0.29) is 11.5 Å². The summed E-state index contributed by atoms with van der Waals surface area (Å²) in [6.07, 6.45) is 3.15. The number of amides is 1. The lowest BCUT2D eigenvalue weighted by Gasteiger charge is -2.42. The van der Waals surface area contributed by atoms with Crippen LogP contribution in [0, 0.1) is 11.3 Å². The van der Waals surface area contributed by atoms with Crippen LogP contribution in [0.5, 0.6) is 0 Å². The molecule has 5 rings (SSSR count). The predicted octanol–water partition coefficient (Wildman–Crippen LogP) is 6.59. The van der Waals surface area contributed by atoms with Crippen LogP contribution in [-0.4, -0.2) is 46.5 Å². The molecule has 7 nitrogen and oxygen atoms in total. The monoisotopic (exact) mass is 522 g/mol. The van der Waals surface area contributed by atoms with E-state index < -0.39 is 5.60 Å². The summed E-state index contributed by atoms with van der Waals surface area (Å²) < 4.78 is 12.1. The number of nitrogens with one attached hydrogen (secondary N) is 1. The van der Waals surface area contributed by atoms with Crippen molar-refractivity contribution in [2.24, 2.45) is 0 Å². The van der Waals surface area contributed by atoms with Crippen molar-refractivity contribution in [1.29, 1.82) is 5.26 Å². The van der Waals surface area contributed by atoms with Gasteiger partial charge in [0.1, 0.15) is 5.60 Å². The zero-order valence-electron chi connectivity index (χ0n) is 22.7. The Hall–Kier alpha value is -4.15. The summed E-state index contributed by atoms with van der Waals surface area (Å²) >= 11 is 0. The number of carbonyl (C=O) groups is 1. The summed E-state index contributed by atoms with van der Waals surface area (Å²) in [7, 11) is 0. The van der Waals surface area contributed by atoms with Crippen molar-refractivity contribution < 1.29 is 14.3 Å². The van der Waals surface area contributed by atoms with Crippen molar-refractivity contribution in [2.75, 3.05) is 19.7 Å². The Labute approximate surface area is 229 Å². The van der Waals surface area contributed by atoms with Crippen LogP contribution >= 0.6 is 0 Å². The summed E-state index contributed by atoms with van der Waals surface area (Å²) in [6, 6.07) is 24.5. The van der Waals surface area contributed by atoms with Gasteiger partial charge >= 0.3 is 6.09 Å². The van der Waals surface area contributed by atoms with Gasteiger partial charge in [-0.15, -0.1) is 0 Å². The number of hydrogen-bond acceptors (Lipinski definition) is 5. The van der Waals surface area contributed by atoms with E-state index in [1.165, 1.54) is 5.56 Å². The van der Waals surface area contributed by atoms with E-state index in [0.717, 1.165) is 40.4 Å². The maximum absolute atomic E-state index is 12.7. The second kappa shape index (κ2) is 10.9. The average Bonchev–Trinajstić information content (AvgIpc) is 3.42. The van der Waals surface area contributed by atoms with E-state index in [2.05, 4.69) is 52.7 Å². The van der Waals surface area contributed by atoms with Crippen LogP contribution in [0.4, 0.5) is 4.79 Å². The normalized spacial score (nSPS) is 15.2. The highest BCUT2D eigenvalue weighted by atomic mass is 16.6. The van der Waals surface area contributed by atoms with Gasteiger partial charge in [0.25, 0.3) is 0 Å². The Morgan fingerprint density at radius 3 is 2.44 bits per heavy atom. The van der Waals surface area contributed by atoms with Gasteiger partial charge in [-0.1, -0.05) is 42.5 Å². The highest BCUT2D eigenvalue weighted by molar-refractivity contribution is 5.87. The molecule has 0 aliphatic carbocycles. The second-order valence-electron chi connectivity index (χ2n) is 11.3. The fourth-order valence-corrected chi connectivity index (χ4v) is 5.26. The molecule has 1 aliphatic rings. The van der Waals surface area contributed by atoms with Crippen LogP contribution in [0.15, 0.2) is 72.9 Å². The number of aromatic nitrogens is 2. The quantitative estimate of drug-likeness (QED) is 0.309. The first-order valence-electron chi connectivity index (χ1n) is 13.3. The molecule has 1 fully saturated rings. The molecule has 1 aliphatic heterocycles. The van der Waals surface area contributed by atoms with Crippen molar-refractivity contribution in [3.8, 4) is 17.2 Å². The zero-order chi connectivity index (χ0) is 27.5. The van der Waals surface area contributed by atoms with E-state index in [4.69, 9.17) is 14.7 Å². The number of H-pyrrole nitrogens is 1. The first kappa shape index (κ1) is 26.5. The molecule has 0 bridgehead atoms. The number of likely N-dealkylation sites (tertiary alicyclic amines) is 1. The smallest absolute Gasteiger partial charge is 0.410 e. The molecule has 0 radical (unpaired) electrons. The summed E-state index contributed by atoms with van der Waals surface area (Å²) in [5, 5.41) is 17.5. The minimum absolute atomic E-state index is 0.197. The molecule has 1 N–H and O–H groups in total. The Morgan fingerprint density at radius 2 is 1.77 bits per heavy atom. The Balaban J connectivity index is 1.34. The van der Waals surface area contributed by atoms with Crippen molar-refractivity contribution in [3.63, 3.8) is 0 Å². The number of benzene rings is 3. The Morgan fingerprint density at radius 1 is 1.05 bits per heavy atom. The maximum atomic E-state index is 12.7. The maximum Gasteiger partial charge on any atom is 0.410 e. The van der Waals surface area contributed by atoms with Crippen LogP contribution in [0.2, 0.25) is 0 Å². The zero-order valence-corrected chi connectivity index (χ0v) is 22.7. The SMILES string of the molecule is CC(C)(C)OC(=O)N1CCC(COCc2cc(-c3ccc(C#N)cc3)cc3cn[nH]c23)(c2ccccc2)CC1. The molecule has 4 aromatic rings. The standard InChI is InChI=1S/C32H34N4O3/c1-31(2,3)39-30(37)36-15-13-32(14-16-36,28-7-5-4-6-8-28)22-38-21-27-18-25(17-26-20-34-35-29(26)27)24-11-9-23(19-33)10-12-24/h4-12,17-18,20H,13-16,21-22H2,1-3H3,(H,34,35). The van der Waals surface area contributed by atoms with Gasteiger partial charge in [-0.2, -0.15) is 10.4 Å². The lowest BCUT2D eigenvalue weighted by molar-refractivity contribution is 0.00343. The molecule has 1 saturated heterocycles. The lowest BCUT2D eigenvalue weighted by Crippen LogP contribution is -2.48. The molecule has 3 aromatic carbocycles. The van der Waals surface area contributed by atoms with Crippen LogP contribution < -0.4 is 0 Å². The molecule has 1 amide bonds. The first-order valence-corrected chi connectivity index (χ1v) is 13.3. The van der Waals surface area contributed by atoms with E-state index in [9.17, 15) is 4.79 Å². The van der Waals surface area contributed by atoms with Crippen molar-refractivity contribution >= 4 is 17.0 Å². The number of hydrogen-bond donors (Lipinski definition) is 1. The number of nitrogens with zero attached hydrogens (tertiary/aromatic N) is 3. The van der Waals surface area contributed by atoms with Crippen molar-refractivity contribution in [2.45, 2.75) is 51.2 Å². The predicted molar refractivity (Wildman–Crippen MR) is 151 cm³/mol. The summed E-state index contributed by atoms with van der Waals surface area (Å²) in [5.74, 6) is 0. The number of carbonyl (C=O) groups excluding carboxylic acids is 1. The average molecular weight is 523 g/mol. The molecule has 2 heterocycles. The fourth-order valence-electron chi connectivity index (χ4n) is 5.26. The second-order valence-corrected chi connectivity index (χ2v) is 11.3. The minimum Gasteiger partial charge on any atom is -0.444 e. The van der Waals surface area contributed by atoms with E-state index in [0.29, 0.717) is 31.9 Å². The van der Waals surface area contributed by atoms with Crippen LogP contribution in [-0.2, 0) is 21.5 Å². The van der Waals surface area contributed by atoms with Gasteiger partial charge in [0.15, 0.2) is 0 Å². The molecule has 0 saturated carbocycles. The van der Waals surface area contributed by atoms with Crippen LogP contribution in [0.3, 0.4) is 0 Å². The molecule has 200 valence electrons. The molecule has 39 heavy (non-hydrogen) atoms. The number of rotatable bonds is 6. The van der Waals surface area contributed by atoms with Crippen molar-refractivity contribution in [3.05, 3.63) is 89.6 Å². The van der Waals surface area contributed by atoms with Gasteiger partial charge in [-0.05, 0) is 74.6 Å². The molecular formula is C32H34N4O3. The van der Waals surface area contributed by atoms with E-state index in [1.54, 1.807) is 0 Å². The van der Waals surface area contributed by atoms with Crippen LogP contribution in [0.1, 0.15) is 50.3 Å². The number of fused-ring (bicyclic) bond motifs is 1.